The fourth-order valence-corrected chi connectivity index (χ4v) is 23.5. The van der Waals surface area contributed by atoms with Gasteiger partial charge in [0, 0.05) is 72.5 Å². The summed E-state index contributed by atoms with van der Waals surface area (Å²) in [5.41, 5.74) is 0. The average Bonchev–Trinajstić information content (AvgIpc) is 4.10. The molecule has 0 amide bonds. The largest absolute Gasteiger partial charge is 0.294 e. The Bertz CT molecular complexity index is 1450. The van der Waals surface area contributed by atoms with E-state index >= 15 is 0 Å². The molecule has 0 N–H and O–H groups in total. The highest BCUT2D eigenvalue weighted by atomic mass is 15.4. The first-order chi connectivity index (χ1) is 28.8. The maximum Gasteiger partial charge on any atom is 0.0164 e. The topological polar surface area (TPSA) is 13.0 Å². The van der Waals surface area contributed by atoms with Gasteiger partial charge in [0.05, 0.1) is 0 Å². The molecule has 0 aromatic rings. The third-order valence-corrected chi connectivity index (χ3v) is 24.6. The van der Waals surface area contributed by atoms with Gasteiger partial charge < -0.3 is 0 Å². The van der Waals surface area contributed by atoms with E-state index in [1.165, 1.54) is 77.0 Å². The van der Waals surface area contributed by atoms with Crippen LogP contribution in [-0.4, -0.2) is 92.1 Å². The van der Waals surface area contributed by atoms with Crippen molar-refractivity contribution in [2.75, 3.05) is 0 Å². The van der Waals surface area contributed by atoms with E-state index in [9.17, 15) is 0 Å². The maximum absolute atomic E-state index is 3.51. The van der Waals surface area contributed by atoms with Crippen LogP contribution in [-0.2, 0) is 0 Å². The highest BCUT2D eigenvalue weighted by Crippen LogP contribution is 2.69. The van der Waals surface area contributed by atoms with E-state index in [-0.39, 0.29) is 0 Å². The number of fused-ring (bicyclic) bond motifs is 18. The quantitative estimate of drug-likeness (QED) is 0.276. The predicted octanol–water partition coefficient (Wildman–Crippen LogP) is 10.9. The zero-order chi connectivity index (χ0) is 37.4. The van der Waals surface area contributed by atoms with E-state index in [4.69, 9.17) is 0 Å². The number of likely N-dealkylation sites (tertiary alicyclic amines) is 2. The molecule has 6 aliphatic heterocycles. The minimum atomic E-state index is 0.942. The molecule has 15 rings (SSSR count). The fraction of sp³-hybridized carbons (Fsp3) is 1.00. The third-order valence-electron chi connectivity index (χ3n) is 24.6. The molecule has 4 nitrogen and oxygen atoms in total. The molecule has 9 saturated carbocycles. The van der Waals surface area contributed by atoms with Crippen molar-refractivity contribution in [1.29, 1.82) is 0 Å². The molecular weight excluding hydrogens is 705 g/mol. The lowest BCUT2D eigenvalue weighted by molar-refractivity contribution is -0.00699. The van der Waals surface area contributed by atoms with Crippen molar-refractivity contribution in [2.24, 2.45) is 71.0 Å². The second-order valence-corrected chi connectivity index (χ2v) is 25.7. The second kappa shape index (κ2) is 13.7. The summed E-state index contributed by atoms with van der Waals surface area (Å²) in [6.07, 6.45) is 47.1. The van der Waals surface area contributed by atoms with Crippen molar-refractivity contribution in [3.63, 3.8) is 0 Å². The van der Waals surface area contributed by atoms with Crippen LogP contribution in [0.5, 0.6) is 0 Å². The Morgan fingerprint density at radius 1 is 0.190 bits per heavy atom. The summed E-state index contributed by atoms with van der Waals surface area (Å²) in [5.74, 6) is 12.7. The summed E-state index contributed by atoms with van der Waals surface area (Å²) < 4.78 is 0. The van der Waals surface area contributed by atoms with Crippen LogP contribution < -0.4 is 0 Å². The normalized spacial score (nSPS) is 59.0. The number of rotatable bonds is 2. The molecule has 0 bridgehead atoms. The molecule has 15 fully saturated rings. The number of hydrogen-bond donors (Lipinski definition) is 0. The summed E-state index contributed by atoms with van der Waals surface area (Å²) in [5, 5.41) is 0. The molecule has 6 heterocycles. The minimum Gasteiger partial charge on any atom is -0.294 e. The van der Waals surface area contributed by atoms with Gasteiger partial charge in [0.15, 0.2) is 0 Å². The highest BCUT2D eigenvalue weighted by molar-refractivity contribution is 5.24. The summed E-state index contributed by atoms with van der Waals surface area (Å²) in [6.45, 7) is 0. The Labute approximate surface area is 354 Å². The maximum atomic E-state index is 3.51. The third kappa shape index (κ3) is 4.86. The second-order valence-electron chi connectivity index (χ2n) is 25.7. The van der Waals surface area contributed by atoms with Gasteiger partial charge in [-0.2, -0.15) is 0 Å². The standard InChI is InChI=1S/C54H84N4/c1-3-13-31(14-4-1)55-45-23-9-7-17-33(45)39-25-41-35-19-11-21-37-43-28-48-44(27-47(43)57(53(35)37)51(41)29-49(39)55)38-22-12-20-36-42-26-40-34-18-8-10-24-46(34)56(32-15-5-2-6-16-32)50(40)30-52(42)58(48)54(36)38/h31-54H,1-30H2. The summed E-state index contributed by atoms with van der Waals surface area (Å²) in [7, 11) is 0. The van der Waals surface area contributed by atoms with Gasteiger partial charge in [0.1, 0.15) is 0 Å². The zero-order valence-electron chi connectivity index (χ0n) is 36.9. The van der Waals surface area contributed by atoms with Gasteiger partial charge in [-0.15, -0.1) is 0 Å². The lowest BCUT2D eigenvalue weighted by atomic mass is 9.59. The lowest BCUT2D eigenvalue weighted by Gasteiger charge is -2.51. The summed E-state index contributed by atoms with van der Waals surface area (Å²) in [4.78, 5) is 13.7. The van der Waals surface area contributed by atoms with Crippen molar-refractivity contribution in [3.05, 3.63) is 0 Å². The lowest BCUT2D eigenvalue weighted by Crippen LogP contribution is -2.56. The molecule has 6 saturated heterocycles. The van der Waals surface area contributed by atoms with Crippen LogP contribution in [0.1, 0.15) is 193 Å². The number of hydrogen-bond acceptors (Lipinski definition) is 4. The van der Waals surface area contributed by atoms with Crippen LogP contribution in [0, 0.1) is 71.0 Å². The van der Waals surface area contributed by atoms with Gasteiger partial charge in [-0.25, -0.2) is 0 Å². The monoisotopic (exact) mass is 789 g/mol. The predicted molar refractivity (Wildman–Crippen MR) is 233 cm³/mol. The Morgan fingerprint density at radius 2 is 0.500 bits per heavy atom. The van der Waals surface area contributed by atoms with Crippen LogP contribution >= 0.6 is 0 Å². The molecule has 320 valence electrons. The van der Waals surface area contributed by atoms with Crippen molar-refractivity contribution in [2.45, 2.75) is 265 Å². The van der Waals surface area contributed by atoms with Crippen LogP contribution in [0.15, 0.2) is 0 Å². The molecule has 0 spiro atoms. The van der Waals surface area contributed by atoms with Crippen molar-refractivity contribution >= 4 is 0 Å². The Morgan fingerprint density at radius 3 is 0.931 bits per heavy atom. The summed E-state index contributed by atoms with van der Waals surface area (Å²) in [6, 6.07) is 11.5. The van der Waals surface area contributed by atoms with Crippen molar-refractivity contribution in [1.82, 2.24) is 19.6 Å². The van der Waals surface area contributed by atoms with E-state index in [1.54, 1.807) is 116 Å². The van der Waals surface area contributed by atoms with E-state index < -0.39 is 0 Å². The van der Waals surface area contributed by atoms with Gasteiger partial charge in [-0.1, -0.05) is 77.0 Å². The van der Waals surface area contributed by atoms with Crippen LogP contribution in [0.2, 0.25) is 0 Å². The molecule has 0 aromatic carbocycles. The van der Waals surface area contributed by atoms with E-state index in [1.807, 2.05) is 0 Å². The Balaban J connectivity index is 0.741. The fourth-order valence-electron chi connectivity index (χ4n) is 23.5. The zero-order valence-corrected chi connectivity index (χ0v) is 36.9. The number of nitrogens with zero attached hydrogens (tertiary/aromatic N) is 4. The molecule has 58 heavy (non-hydrogen) atoms. The molecule has 0 aromatic heterocycles. The molecule has 22 atom stereocenters. The average molecular weight is 789 g/mol. The highest BCUT2D eigenvalue weighted by Gasteiger charge is 2.71. The van der Waals surface area contributed by atoms with Crippen molar-refractivity contribution < 1.29 is 0 Å². The first kappa shape index (κ1) is 36.2. The van der Waals surface area contributed by atoms with Gasteiger partial charge in [-0.05, 0) is 187 Å². The van der Waals surface area contributed by atoms with Gasteiger partial charge >= 0.3 is 0 Å². The molecule has 9 aliphatic carbocycles. The summed E-state index contributed by atoms with van der Waals surface area (Å²) >= 11 is 0. The molecular formula is C54H84N4. The Hall–Kier alpha value is -0.160. The van der Waals surface area contributed by atoms with E-state index in [2.05, 4.69) is 19.6 Å². The van der Waals surface area contributed by atoms with Crippen LogP contribution in [0.3, 0.4) is 0 Å². The Kier molecular flexibility index (Phi) is 8.54. The molecule has 0 radical (unpaired) electrons. The van der Waals surface area contributed by atoms with Gasteiger partial charge in [-0.3, -0.25) is 19.6 Å². The minimum absolute atomic E-state index is 0.942. The van der Waals surface area contributed by atoms with Gasteiger partial charge in [0.2, 0.25) is 0 Å². The smallest absolute Gasteiger partial charge is 0.0164 e. The molecule has 4 heteroatoms. The molecule has 15 aliphatic rings. The first-order valence-electron chi connectivity index (χ1n) is 27.9. The SMILES string of the molecule is C1CCC(N2C3CCCCC3C3CC4C5CCCC6C7CC8C(CC7N(C4CC32)C65)C2CCCC3C4CC5C6CCCCC6N(C6CCCCC6)C5CC4N8C23)CC1. The van der Waals surface area contributed by atoms with E-state index in [0.29, 0.717) is 0 Å². The van der Waals surface area contributed by atoms with Crippen molar-refractivity contribution in [3.8, 4) is 0 Å². The first-order valence-corrected chi connectivity index (χ1v) is 27.9. The molecule has 22 unspecified atom stereocenters. The van der Waals surface area contributed by atoms with E-state index in [0.717, 1.165) is 144 Å². The van der Waals surface area contributed by atoms with Crippen LogP contribution in [0.25, 0.3) is 0 Å². The van der Waals surface area contributed by atoms with Gasteiger partial charge in [0.25, 0.3) is 0 Å². The van der Waals surface area contributed by atoms with Crippen LogP contribution in [0.4, 0.5) is 0 Å².